The summed E-state index contributed by atoms with van der Waals surface area (Å²) < 4.78 is 56.7. The highest BCUT2D eigenvalue weighted by Crippen LogP contribution is 2.28. The van der Waals surface area contributed by atoms with Gasteiger partial charge in [-0.05, 0) is 57.0 Å². The van der Waals surface area contributed by atoms with Crippen LogP contribution in [0.3, 0.4) is 0 Å². The van der Waals surface area contributed by atoms with Crippen molar-refractivity contribution in [3.05, 3.63) is 64.6 Å². The number of sulfonamides is 1. The van der Waals surface area contributed by atoms with Gasteiger partial charge >= 0.3 is 5.97 Å². The van der Waals surface area contributed by atoms with E-state index in [1.165, 1.54) is 0 Å². The summed E-state index contributed by atoms with van der Waals surface area (Å²) in [7, 11) is -2.67. The normalized spacial score (nSPS) is 11.5. The zero-order valence-electron chi connectivity index (χ0n) is 19.1. The number of benzene rings is 1. The minimum absolute atomic E-state index is 0.107. The minimum atomic E-state index is -4.36. The maximum Gasteiger partial charge on any atom is 0.337 e. The summed E-state index contributed by atoms with van der Waals surface area (Å²) in [5.74, 6) is -3.63. The van der Waals surface area contributed by atoms with Crippen molar-refractivity contribution in [2.24, 2.45) is 0 Å². The number of anilines is 2. The standard InChI is InChI=1S/C22H25F2N5O4S/c1-5-29-14(3)17(13(2)26-29)8-9-28(4)21-20(10-15(12-25-21)22(30)31)27-34(32,33)16-6-7-18(23)19(24)11-16/h6-7,10-12,27H,5,8-9H2,1-4H3,(H,30,31). The van der Waals surface area contributed by atoms with Crippen molar-refractivity contribution in [1.29, 1.82) is 0 Å². The lowest BCUT2D eigenvalue weighted by atomic mass is 10.1. The minimum Gasteiger partial charge on any atom is -0.478 e. The van der Waals surface area contributed by atoms with Crippen molar-refractivity contribution in [3.8, 4) is 0 Å². The Labute approximate surface area is 196 Å². The molecule has 0 fully saturated rings. The van der Waals surface area contributed by atoms with Gasteiger partial charge in [-0.15, -0.1) is 0 Å². The number of likely N-dealkylation sites (N-methyl/N-ethyl adjacent to an activating group) is 1. The summed E-state index contributed by atoms with van der Waals surface area (Å²) in [6, 6.07) is 3.29. The van der Waals surface area contributed by atoms with Gasteiger partial charge in [-0.25, -0.2) is 27.0 Å². The van der Waals surface area contributed by atoms with E-state index in [1.807, 2.05) is 25.5 Å². The van der Waals surface area contributed by atoms with Crippen molar-refractivity contribution >= 4 is 27.5 Å². The fraction of sp³-hybridized carbons (Fsp3) is 0.318. The summed E-state index contributed by atoms with van der Waals surface area (Å²) in [5.41, 5.74) is 2.63. The maximum atomic E-state index is 13.6. The zero-order valence-corrected chi connectivity index (χ0v) is 19.9. The summed E-state index contributed by atoms with van der Waals surface area (Å²) in [6.45, 7) is 7.04. The summed E-state index contributed by atoms with van der Waals surface area (Å²) in [5, 5.41) is 13.8. The third kappa shape index (κ3) is 5.16. The first-order valence-electron chi connectivity index (χ1n) is 10.4. The Morgan fingerprint density at radius 1 is 1.21 bits per heavy atom. The van der Waals surface area contributed by atoms with Crippen molar-refractivity contribution < 1.29 is 27.1 Å². The number of aromatic nitrogens is 3. The fourth-order valence-corrected chi connectivity index (χ4v) is 4.65. The van der Waals surface area contributed by atoms with Crippen LogP contribution in [-0.2, 0) is 23.0 Å². The molecular weight excluding hydrogens is 468 g/mol. The van der Waals surface area contributed by atoms with Gasteiger partial charge in [0.1, 0.15) is 0 Å². The van der Waals surface area contributed by atoms with Crippen LogP contribution in [0.5, 0.6) is 0 Å². The molecule has 0 bridgehead atoms. The molecule has 0 aliphatic carbocycles. The van der Waals surface area contributed by atoms with Crippen LogP contribution < -0.4 is 9.62 Å². The lowest BCUT2D eigenvalue weighted by molar-refractivity contribution is 0.0696. The number of carboxylic acid groups (broad SMARTS) is 1. The number of carboxylic acids is 1. The van der Waals surface area contributed by atoms with E-state index in [-0.39, 0.29) is 17.1 Å². The molecule has 2 aromatic heterocycles. The van der Waals surface area contributed by atoms with Crippen molar-refractivity contribution in [3.63, 3.8) is 0 Å². The summed E-state index contributed by atoms with van der Waals surface area (Å²) >= 11 is 0. The number of hydrogen-bond acceptors (Lipinski definition) is 6. The Morgan fingerprint density at radius 2 is 1.91 bits per heavy atom. The van der Waals surface area contributed by atoms with E-state index < -0.39 is 32.5 Å². The molecule has 12 heteroatoms. The van der Waals surface area contributed by atoms with Crippen molar-refractivity contribution in [2.45, 2.75) is 38.6 Å². The highest BCUT2D eigenvalue weighted by atomic mass is 32.2. The van der Waals surface area contributed by atoms with E-state index in [1.54, 1.807) is 11.9 Å². The van der Waals surface area contributed by atoms with Crippen LogP contribution in [-0.4, -0.2) is 47.9 Å². The topological polar surface area (TPSA) is 117 Å². The van der Waals surface area contributed by atoms with Crippen LogP contribution >= 0.6 is 0 Å². The second kappa shape index (κ2) is 9.75. The molecule has 3 aromatic rings. The third-order valence-electron chi connectivity index (χ3n) is 5.45. The molecule has 34 heavy (non-hydrogen) atoms. The van der Waals surface area contributed by atoms with Gasteiger partial charge in [0.2, 0.25) is 0 Å². The third-order valence-corrected chi connectivity index (χ3v) is 6.81. The molecule has 3 rings (SSSR count). The number of pyridine rings is 1. The Hall–Kier alpha value is -3.54. The van der Waals surface area contributed by atoms with Crippen LogP contribution in [0.4, 0.5) is 20.3 Å². The van der Waals surface area contributed by atoms with E-state index in [0.29, 0.717) is 25.1 Å². The van der Waals surface area contributed by atoms with Gasteiger partial charge in [0.25, 0.3) is 10.0 Å². The number of nitrogens with one attached hydrogen (secondary N) is 1. The van der Waals surface area contributed by atoms with Gasteiger partial charge in [0.15, 0.2) is 17.5 Å². The van der Waals surface area contributed by atoms with E-state index in [4.69, 9.17) is 0 Å². The number of halogens is 2. The predicted octanol–water partition coefficient (Wildman–Crippen LogP) is 3.37. The number of hydrogen-bond donors (Lipinski definition) is 2. The van der Waals surface area contributed by atoms with Crippen LogP contribution in [0.1, 0.15) is 34.2 Å². The molecule has 1 aromatic carbocycles. The molecule has 2 N–H and O–H groups in total. The highest BCUT2D eigenvalue weighted by Gasteiger charge is 2.22. The molecule has 0 unspecified atom stereocenters. The molecule has 9 nitrogen and oxygen atoms in total. The Bertz CT molecular complexity index is 1340. The molecule has 0 saturated carbocycles. The van der Waals surface area contributed by atoms with E-state index in [9.17, 15) is 27.1 Å². The molecule has 0 atom stereocenters. The first-order chi connectivity index (χ1) is 15.9. The molecule has 0 radical (unpaired) electrons. The molecule has 182 valence electrons. The average molecular weight is 494 g/mol. The highest BCUT2D eigenvalue weighted by molar-refractivity contribution is 7.92. The van der Waals surface area contributed by atoms with Crippen LogP contribution in [0.2, 0.25) is 0 Å². The van der Waals surface area contributed by atoms with Crippen molar-refractivity contribution in [1.82, 2.24) is 14.8 Å². The first-order valence-corrected chi connectivity index (χ1v) is 11.9. The van der Waals surface area contributed by atoms with Gasteiger partial charge in [0.05, 0.1) is 21.8 Å². The molecular formula is C22H25F2N5O4S. The van der Waals surface area contributed by atoms with Crippen LogP contribution in [0.15, 0.2) is 35.4 Å². The van der Waals surface area contributed by atoms with Gasteiger partial charge in [-0.3, -0.25) is 9.40 Å². The predicted molar refractivity (Wildman–Crippen MR) is 123 cm³/mol. The lowest BCUT2D eigenvalue weighted by Gasteiger charge is -2.22. The molecule has 0 spiro atoms. The van der Waals surface area contributed by atoms with Gasteiger partial charge in [-0.2, -0.15) is 5.10 Å². The Balaban J connectivity index is 1.93. The quantitative estimate of drug-likeness (QED) is 0.469. The van der Waals surface area contributed by atoms with E-state index in [2.05, 4.69) is 14.8 Å². The SMILES string of the molecule is CCn1nc(C)c(CCN(C)c2ncc(C(=O)O)cc2NS(=O)(=O)c2ccc(F)c(F)c2)c1C. The number of rotatable bonds is 9. The van der Waals surface area contributed by atoms with Gasteiger partial charge in [0, 0.05) is 32.0 Å². The number of nitrogens with zero attached hydrogens (tertiary/aromatic N) is 4. The molecule has 0 saturated heterocycles. The average Bonchev–Trinajstić information content (AvgIpc) is 3.06. The van der Waals surface area contributed by atoms with Crippen LogP contribution in [0, 0.1) is 25.5 Å². The first kappa shape index (κ1) is 25.1. The van der Waals surface area contributed by atoms with Crippen LogP contribution in [0.25, 0.3) is 0 Å². The Morgan fingerprint density at radius 3 is 2.50 bits per heavy atom. The summed E-state index contributed by atoms with van der Waals surface area (Å²) in [6.07, 6.45) is 1.71. The zero-order chi connectivity index (χ0) is 25.2. The molecule has 0 aliphatic rings. The van der Waals surface area contributed by atoms with Gasteiger partial charge in [-0.1, -0.05) is 0 Å². The molecule has 2 heterocycles. The maximum absolute atomic E-state index is 13.6. The van der Waals surface area contributed by atoms with E-state index >= 15 is 0 Å². The van der Waals surface area contributed by atoms with Gasteiger partial charge < -0.3 is 10.0 Å². The largest absolute Gasteiger partial charge is 0.478 e. The number of aromatic carboxylic acids is 1. The second-order valence-corrected chi connectivity index (χ2v) is 9.40. The monoisotopic (exact) mass is 493 g/mol. The Kier molecular flexibility index (Phi) is 7.20. The second-order valence-electron chi connectivity index (χ2n) is 7.72. The number of carbonyl (C=O) groups is 1. The fourth-order valence-electron chi connectivity index (χ4n) is 3.59. The number of aryl methyl sites for hydroxylation is 2. The smallest absolute Gasteiger partial charge is 0.337 e. The molecule has 0 aliphatic heterocycles. The summed E-state index contributed by atoms with van der Waals surface area (Å²) in [4.78, 5) is 16.8. The molecule has 0 amide bonds. The lowest BCUT2D eigenvalue weighted by Crippen LogP contribution is -2.25. The van der Waals surface area contributed by atoms with Crippen molar-refractivity contribution in [2.75, 3.05) is 23.2 Å². The van der Waals surface area contributed by atoms with E-state index in [0.717, 1.165) is 41.8 Å².